The van der Waals surface area contributed by atoms with Crippen LogP contribution in [-0.2, 0) is 0 Å². The molecule has 4 heteroatoms. The minimum atomic E-state index is 0.506. The Labute approximate surface area is 91.1 Å². The summed E-state index contributed by atoms with van der Waals surface area (Å²) in [7, 11) is 0. The quantitative estimate of drug-likeness (QED) is 0.731. The maximum atomic E-state index is 5.93. The normalized spacial score (nSPS) is 10.4. The van der Waals surface area contributed by atoms with Crippen molar-refractivity contribution in [1.82, 2.24) is 0 Å². The number of halogens is 1. The first-order valence-electron chi connectivity index (χ1n) is 4.05. The highest BCUT2D eigenvalue weighted by Crippen LogP contribution is 2.34. The molecule has 0 aliphatic rings. The molecule has 72 valence electrons. The molecule has 0 amide bonds. The summed E-state index contributed by atoms with van der Waals surface area (Å²) in [4.78, 5) is 0. The first-order chi connectivity index (χ1) is 6.68. The Morgan fingerprint density at radius 1 is 1.21 bits per heavy atom. The molecule has 0 spiro atoms. The Hall–Kier alpha value is -1.19. The monoisotopic (exact) mass is 224 g/mol. The van der Waals surface area contributed by atoms with Crippen molar-refractivity contribution in [3.8, 4) is 11.1 Å². The maximum absolute atomic E-state index is 5.93. The van der Waals surface area contributed by atoms with Crippen LogP contribution in [-0.4, -0.2) is 0 Å². The van der Waals surface area contributed by atoms with E-state index in [1.54, 1.807) is 17.4 Å². The summed E-state index contributed by atoms with van der Waals surface area (Å²) >= 11 is 7.55. The second-order valence-electron chi connectivity index (χ2n) is 2.98. The lowest BCUT2D eigenvalue weighted by molar-refractivity contribution is 1.64. The number of rotatable bonds is 1. The van der Waals surface area contributed by atoms with Crippen LogP contribution in [0.1, 0.15) is 0 Å². The van der Waals surface area contributed by atoms with Gasteiger partial charge < -0.3 is 11.5 Å². The van der Waals surface area contributed by atoms with E-state index in [9.17, 15) is 0 Å². The number of nitrogens with two attached hydrogens (primary N) is 2. The summed E-state index contributed by atoms with van der Waals surface area (Å²) in [6, 6.07) is 5.49. The highest BCUT2D eigenvalue weighted by atomic mass is 35.5. The molecule has 1 heterocycles. The molecule has 0 aliphatic heterocycles. The minimum Gasteiger partial charge on any atom is -0.399 e. The van der Waals surface area contributed by atoms with Crippen molar-refractivity contribution in [1.29, 1.82) is 0 Å². The molecular weight excluding hydrogens is 216 g/mol. The van der Waals surface area contributed by atoms with Crippen LogP contribution in [0, 0.1) is 0 Å². The molecule has 2 rings (SSSR count). The molecule has 4 N–H and O–H groups in total. The molecule has 2 nitrogen and oxygen atoms in total. The molecule has 0 unspecified atom stereocenters. The predicted molar refractivity (Wildman–Crippen MR) is 63.6 cm³/mol. The van der Waals surface area contributed by atoms with Crippen molar-refractivity contribution in [2.45, 2.75) is 0 Å². The van der Waals surface area contributed by atoms with Crippen LogP contribution >= 0.6 is 22.9 Å². The number of hydrogen-bond acceptors (Lipinski definition) is 3. The summed E-state index contributed by atoms with van der Waals surface area (Å²) < 4.78 is 0. The van der Waals surface area contributed by atoms with Gasteiger partial charge in [0, 0.05) is 11.3 Å². The fourth-order valence-corrected chi connectivity index (χ4v) is 2.18. The van der Waals surface area contributed by atoms with Crippen LogP contribution in [0.25, 0.3) is 11.1 Å². The second-order valence-corrected chi connectivity index (χ2v) is 4.16. The van der Waals surface area contributed by atoms with E-state index in [2.05, 4.69) is 0 Å². The van der Waals surface area contributed by atoms with Crippen molar-refractivity contribution in [3.05, 3.63) is 34.0 Å². The lowest BCUT2D eigenvalue weighted by atomic mass is 10.1. The summed E-state index contributed by atoms with van der Waals surface area (Å²) in [5, 5.41) is 4.51. The van der Waals surface area contributed by atoms with E-state index in [1.807, 2.05) is 22.9 Å². The molecule has 0 saturated heterocycles. The van der Waals surface area contributed by atoms with Crippen LogP contribution in [0.2, 0.25) is 5.02 Å². The van der Waals surface area contributed by atoms with E-state index < -0.39 is 0 Å². The predicted octanol–water partition coefficient (Wildman–Crippen LogP) is 3.23. The van der Waals surface area contributed by atoms with Crippen molar-refractivity contribution in [3.63, 3.8) is 0 Å². The van der Waals surface area contributed by atoms with Crippen LogP contribution in [0.3, 0.4) is 0 Å². The van der Waals surface area contributed by atoms with Gasteiger partial charge in [-0.3, -0.25) is 0 Å². The third kappa shape index (κ3) is 1.56. The lowest BCUT2D eigenvalue weighted by Gasteiger charge is -2.06. The van der Waals surface area contributed by atoms with Gasteiger partial charge in [-0.1, -0.05) is 11.6 Å². The second kappa shape index (κ2) is 3.52. The third-order valence-corrected chi connectivity index (χ3v) is 2.98. The van der Waals surface area contributed by atoms with E-state index >= 15 is 0 Å². The SMILES string of the molecule is Nc1cc(Cl)c(N)c(-c2ccsc2)c1. The van der Waals surface area contributed by atoms with Gasteiger partial charge in [-0.05, 0) is 34.5 Å². The average molecular weight is 225 g/mol. The topological polar surface area (TPSA) is 52.0 Å². The Balaban J connectivity index is 2.64. The summed E-state index contributed by atoms with van der Waals surface area (Å²) in [5.41, 5.74) is 14.7. The van der Waals surface area contributed by atoms with Crippen molar-refractivity contribution < 1.29 is 0 Å². The fraction of sp³-hybridized carbons (Fsp3) is 0. The van der Waals surface area contributed by atoms with E-state index in [0.29, 0.717) is 16.4 Å². The van der Waals surface area contributed by atoms with Gasteiger partial charge in [-0.2, -0.15) is 11.3 Å². The largest absolute Gasteiger partial charge is 0.399 e. The zero-order valence-electron chi connectivity index (χ0n) is 7.33. The van der Waals surface area contributed by atoms with Gasteiger partial charge in [0.1, 0.15) is 0 Å². The van der Waals surface area contributed by atoms with Crippen LogP contribution in [0.5, 0.6) is 0 Å². The number of benzene rings is 1. The van der Waals surface area contributed by atoms with Crippen molar-refractivity contribution in [2.24, 2.45) is 0 Å². The Bertz CT molecular complexity index is 451. The molecule has 1 aromatic carbocycles. The highest BCUT2D eigenvalue weighted by Gasteiger charge is 2.07. The Morgan fingerprint density at radius 2 is 2.00 bits per heavy atom. The van der Waals surface area contributed by atoms with E-state index in [-0.39, 0.29) is 0 Å². The average Bonchev–Trinajstić information content (AvgIpc) is 2.63. The molecule has 0 fully saturated rings. The van der Waals surface area contributed by atoms with Gasteiger partial charge in [0.2, 0.25) is 0 Å². The van der Waals surface area contributed by atoms with Crippen LogP contribution in [0.4, 0.5) is 11.4 Å². The summed E-state index contributed by atoms with van der Waals surface area (Å²) in [5.74, 6) is 0. The van der Waals surface area contributed by atoms with Gasteiger partial charge in [0.15, 0.2) is 0 Å². The maximum Gasteiger partial charge on any atom is 0.0662 e. The molecule has 0 atom stereocenters. The number of thiophene rings is 1. The standard InChI is InChI=1S/C10H9ClN2S/c11-9-4-7(12)3-8(10(9)13)6-1-2-14-5-6/h1-5H,12-13H2. The first kappa shape index (κ1) is 9.37. The van der Waals surface area contributed by atoms with Crippen LogP contribution < -0.4 is 11.5 Å². The zero-order valence-corrected chi connectivity index (χ0v) is 8.90. The molecule has 0 radical (unpaired) electrons. The zero-order chi connectivity index (χ0) is 10.1. The van der Waals surface area contributed by atoms with Gasteiger partial charge >= 0.3 is 0 Å². The lowest BCUT2D eigenvalue weighted by Crippen LogP contribution is -1.93. The Kier molecular flexibility index (Phi) is 2.35. The summed E-state index contributed by atoms with van der Waals surface area (Å²) in [6.07, 6.45) is 0. The number of hydrogen-bond donors (Lipinski definition) is 2. The molecule has 0 aliphatic carbocycles. The van der Waals surface area contributed by atoms with Gasteiger partial charge in [0.25, 0.3) is 0 Å². The number of anilines is 2. The van der Waals surface area contributed by atoms with E-state index in [4.69, 9.17) is 23.1 Å². The molecular formula is C10H9ClN2S. The minimum absolute atomic E-state index is 0.506. The molecule has 0 saturated carbocycles. The van der Waals surface area contributed by atoms with Gasteiger partial charge in [-0.15, -0.1) is 0 Å². The first-order valence-corrected chi connectivity index (χ1v) is 5.37. The molecule has 2 aromatic rings. The highest BCUT2D eigenvalue weighted by molar-refractivity contribution is 7.08. The van der Waals surface area contributed by atoms with Crippen molar-refractivity contribution in [2.75, 3.05) is 11.5 Å². The Morgan fingerprint density at radius 3 is 2.64 bits per heavy atom. The van der Waals surface area contributed by atoms with Gasteiger partial charge in [0.05, 0.1) is 10.7 Å². The smallest absolute Gasteiger partial charge is 0.0662 e. The number of nitrogen functional groups attached to an aromatic ring is 2. The fourth-order valence-electron chi connectivity index (χ4n) is 1.30. The van der Waals surface area contributed by atoms with Gasteiger partial charge in [-0.25, -0.2) is 0 Å². The van der Waals surface area contributed by atoms with Crippen molar-refractivity contribution >= 4 is 34.3 Å². The van der Waals surface area contributed by atoms with E-state index in [0.717, 1.165) is 11.1 Å². The van der Waals surface area contributed by atoms with Crippen LogP contribution in [0.15, 0.2) is 29.0 Å². The third-order valence-electron chi connectivity index (χ3n) is 1.98. The summed E-state index contributed by atoms with van der Waals surface area (Å²) in [6.45, 7) is 0. The molecule has 14 heavy (non-hydrogen) atoms. The molecule has 1 aromatic heterocycles. The molecule has 0 bridgehead atoms. The van der Waals surface area contributed by atoms with E-state index in [1.165, 1.54) is 0 Å².